The average Bonchev–Trinajstić information content (AvgIpc) is 2.02. The standard InChI is InChI=1S/C7H17N3O3S/c8-4-2-1-3-7(11)10-5-6-14(9,12)13/h1-6,8H2,(H,10,11)(H2,9,12,13). The van der Waals surface area contributed by atoms with E-state index in [1.807, 2.05) is 0 Å². The number of sulfonamides is 1. The number of primary sulfonamides is 1. The number of carbonyl (C=O) groups is 1. The molecule has 5 N–H and O–H groups in total. The maximum atomic E-state index is 11.0. The highest BCUT2D eigenvalue weighted by molar-refractivity contribution is 7.89. The van der Waals surface area contributed by atoms with E-state index in [1.165, 1.54) is 0 Å². The van der Waals surface area contributed by atoms with E-state index in [0.29, 0.717) is 13.0 Å². The fourth-order valence-corrected chi connectivity index (χ4v) is 1.24. The van der Waals surface area contributed by atoms with Gasteiger partial charge in [-0.15, -0.1) is 0 Å². The van der Waals surface area contributed by atoms with Crippen molar-refractivity contribution in [2.75, 3.05) is 18.8 Å². The number of amides is 1. The largest absolute Gasteiger partial charge is 0.355 e. The molecule has 0 saturated carbocycles. The lowest BCUT2D eigenvalue weighted by Gasteiger charge is -2.03. The Kier molecular flexibility index (Phi) is 6.43. The van der Waals surface area contributed by atoms with E-state index < -0.39 is 10.0 Å². The molecule has 0 fully saturated rings. The number of nitrogens with one attached hydrogen (secondary N) is 1. The van der Waals surface area contributed by atoms with E-state index in [2.05, 4.69) is 5.32 Å². The second-order valence-corrected chi connectivity index (χ2v) is 4.70. The number of hydrogen-bond acceptors (Lipinski definition) is 4. The molecule has 0 aliphatic carbocycles. The van der Waals surface area contributed by atoms with Crippen LogP contribution in [0.3, 0.4) is 0 Å². The Morgan fingerprint density at radius 1 is 1.29 bits per heavy atom. The third-order valence-corrected chi connectivity index (χ3v) is 2.34. The summed E-state index contributed by atoms with van der Waals surface area (Å²) >= 11 is 0. The summed E-state index contributed by atoms with van der Waals surface area (Å²) in [5.74, 6) is -0.391. The minimum Gasteiger partial charge on any atom is -0.355 e. The van der Waals surface area contributed by atoms with Crippen molar-refractivity contribution < 1.29 is 13.2 Å². The van der Waals surface area contributed by atoms with Crippen LogP contribution in [0.25, 0.3) is 0 Å². The van der Waals surface area contributed by atoms with Crippen LogP contribution in [0.5, 0.6) is 0 Å². The van der Waals surface area contributed by atoms with Crippen LogP contribution in [0.1, 0.15) is 19.3 Å². The topological polar surface area (TPSA) is 115 Å². The van der Waals surface area contributed by atoms with Gasteiger partial charge in [0.2, 0.25) is 15.9 Å². The molecular formula is C7H17N3O3S. The monoisotopic (exact) mass is 223 g/mol. The van der Waals surface area contributed by atoms with E-state index in [-0.39, 0.29) is 18.2 Å². The SMILES string of the molecule is NCCCCC(=O)NCCS(N)(=O)=O. The van der Waals surface area contributed by atoms with Crippen LogP contribution >= 0.6 is 0 Å². The summed E-state index contributed by atoms with van der Waals surface area (Å²) < 4.78 is 21.0. The molecule has 0 radical (unpaired) electrons. The van der Waals surface area contributed by atoms with Crippen molar-refractivity contribution in [3.8, 4) is 0 Å². The third-order valence-electron chi connectivity index (χ3n) is 1.57. The molecule has 14 heavy (non-hydrogen) atoms. The highest BCUT2D eigenvalue weighted by Crippen LogP contribution is 1.92. The Morgan fingerprint density at radius 3 is 2.43 bits per heavy atom. The fraction of sp³-hybridized carbons (Fsp3) is 0.857. The molecule has 0 bridgehead atoms. The van der Waals surface area contributed by atoms with Crippen molar-refractivity contribution in [1.29, 1.82) is 0 Å². The normalized spacial score (nSPS) is 11.3. The average molecular weight is 223 g/mol. The Balaban J connectivity index is 3.45. The predicted molar refractivity (Wildman–Crippen MR) is 53.9 cm³/mol. The Labute approximate surface area is 84.1 Å². The van der Waals surface area contributed by atoms with Crippen LogP contribution in [0.15, 0.2) is 0 Å². The third kappa shape index (κ3) is 9.43. The van der Waals surface area contributed by atoms with Crippen molar-refractivity contribution in [3.05, 3.63) is 0 Å². The molecule has 0 heterocycles. The molecule has 7 heteroatoms. The smallest absolute Gasteiger partial charge is 0.220 e. The summed E-state index contributed by atoms with van der Waals surface area (Å²) in [5.41, 5.74) is 5.24. The first-order valence-electron chi connectivity index (χ1n) is 4.43. The van der Waals surface area contributed by atoms with Crippen LogP contribution in [0.4, 0.5) is 0 Å². The van der Waals surface area contributed by atoms with Crippen molar-refractivity contribution >= 4 is 15.9 Å². The second-order valence-electron chi connectivity index (χ2n) is 2.96. The maximum Gasteiger partial charge on any atom is 0.220 e. The van der Waals surface area contributed by atoms with Gasteiger partial charge in [0.15, 0.2) is 0 Å². The molecule has 1 amide bonds. The Hall–Kier alpha value is -0.660. The number of hydrogen-bond donors (Lipinski definition) is 3. The molecule has 0 rings (SSSR count). The van der Waals surface area contributed by atoms with Gasteiger partial charge in [0.05, 0.1) is 5.75 Å². The fourth-order valence-electron chi connectivity index (χ4n) is 0.851. The zero-order valence-corrected chi connectivity index (χ0v) is 8.85. The van der Waals surface area contributed by atoms with Crippen LogP contribution in [-0.2, 0) is 14.8 Å². The minimum atomic E-state index is -3.48. The van der Waals surface area contributed by atoms with Crippen LogP contribution in [-0.4, -0.2) is 33.2 Å². The van der Waals surface area contributed by atoms with Crippen molar-refractivity contribution in [1.82, 2.24) is 5.32 Å². The summed E-state index contributed by atoms with van der Waals surface area (Å²) in [4.78, 5) is 11.0. The van der Waals surface area contributed by atoms with Gasteiger partial charge in [0.25, 0.3) is 0 Å². The van der Waals surface area contributed by atoms with Crippen LogP contribution < -0.4 is 16.2 Å². The number of carbonyl (C=O) groups excluding carboxylic acids is 1. The van der Waals surface area contributed by atoms with Crippen molar-refractivity contribution in [2.45, 2.75) is 19.3 Å². The van der Waals surface area contributed by atoms with Gasteiger partial charge in [-0.25, -0.2) is 13.6 Å². The van der Waals surface area contributed by atoms with E-state index in [4.69, 9.17) is 10.9 Å². The molecule has 0 spiro atoms. The van der Waals surface area contributed by atoms with E-state index in [0.717, 1.165) is 12.8 Å². The quantitative estimate of drug-likeness (QED) is 0.456. The summed E-state index contributed by atoms with van der Waals surface area (Å²) in [6, 6.07) is 0. The lowest BCUT2D eigenvalue weighted by molar-refractivity contribution is -0.121. The molecule has 0 aliphatic heterocycles. The molecule has 0 aliphatic rings. The van der Waals surface area contributed by atoms with Gasteiger partial charge in [-0.2, -0.15) is 0 Å². The maximum absolute atomic E-state index is 11.0. The Bertz CT molecular complexity index is 263. The molecular weight excluding hydrogens is 206 g/mol. The first kappa shape index (κ1) is 13.3. The van der Waals surface area contributed by atoms with Crippen molar-refractivity contribution in [3.63, 3.8) is 0 Å². The zero-order valence-electron chi connectivity index (χ0n) is 8.03. The lowest BCUT2D eigenvalue weighted by atomic mass is 10.2. The lowest BCUT2D eigenvalue weighted by Crippen LogP contribution is -2.31. The molecule has 84 valence electrons. The molecule has 0 atom stereocenters. The summed E-state index contributed by atoms with van der Waals surface area (Å²) in [7, 11) is -3.48. The van der Waals surface area contributed by atoms with Gasteiger partial charge < -0.3 is 11.1 Å². The molecule has 0 aromatic carbocycles. The highest BCUT2D eigenvalue weighted by atomic mass is 32.2. The van der Waals surface area contributed by atoms with Crippen LogP contribution in [0.2, 0.25) is 0 Å². The summed E-state index contributed by atoms with van der Waals surface area (Å²) in [6.45, 7) is 0.630. The predicted octanol–water partition coefficient (Wildman–Crippen LogP) is -1.48. The van der Waals surface area contributed by atoms with Crippen LogP contribution in [0, 0.1) is 0 Å². The molecule has 6 nitrogen and oxygen atoms in total. The molecule has 0 saturated heterocycles. The van der Waals surface area contributed by atoms with Gasteiger partial charge in [-0.05, 0) is 19.4 Å². The molecule has 0 unspecified atom stereocenters. The van der Waals surface area contributed by atoms with Crippen molar-refractivity contribution in [2.24, 2.45) is 10.9 Å². The summed E-state index contributed by atoms with van der Waals surface area (Å²) in [6.07, 6.45) is 1.89. The van der Waals surface area contributed by atoms with Gasteiger partial charge in [0.1, 0.15) is 0 Å². The van der Waals surface area contributed by atoms with E-state index >= 15 is 0 Å². The number of unbranched alkanes of at least 4 members (excludes halogenated alkanes) is 1. The molecule has 0 aromatic rings. The minimum absolute atomic E-state index is 0.0697. The molecule has 0 aromatic heterocycles. The first-order chi connectivity index (χ1) is 6.45. The van der Waals surface area contributed by atoms with Gasteiger partial charge >= 0.3 is 0 Å². The van der Waals surface area contributed by atoms with E-state index in [1.54, 1.807) is 0 Å². The summed E-state index contributed by atoms with van der Waals surface area (Å²) in [5, 5.41) is 7.21. The van der Waals surface area contributed by atoms with E-state index in [9.17, 15) is 13.2 Å². The second kappa shape index (κ2) is 6.74. The van der Waals surface area contributed by atoms with Gasteiger partial charge in [-0.3, -0.25) is 4.79 Å². The van der Waals surface area contributed by atoms with Gasteiger partial charge in [0, 0.05) is 13.0 Å². The van der Waals surface area contributed by atoms with Gasteiger partial charge in [-0.1, -0.05) is 0 Å². The highest BCUT2D eigenvalue weighted by Gasteiger charge is 2.04. The number of nitrogens with two attached hydrogens (primary N) is 2. The first-order valence-corrected chi connectivity index (χ1v) is 6.14. The number of rotatable bonds is 7. The Morgan fingerprint density at radius 2 is 1.93 bits per heavy atom. The zero-order chi connectivity index (χ0) is 11.0.